The molecule has 2 aliphatic rings. The number of alkyl halides is 1. The number of methoxy groups -OCH3 is 1. The minimum absolute atomic E-state index is 0.00572. The average molecular weight is 548 g/mol. The van der Waals surface area contributed by atoms with Crippen LogP contribution in [-0.2, 0) is 11.2 Å². The highest BCUT2D eigenvalue weighted by molar-refractivity contribution is 6.25. The maximum absolute atomic E-state index is 15.1. The highest BCUT2D eigenvalue weighted by Gasteiger charge is 2.42. The first-order valence-corrected chi connectivity index (χ1v) is 12.7. The van der Waals surface area contributed by atoms with Crippen molar-refractivity contribution < 1.29 is 28.9 Å². The number of aromatic nitrogens is 1. The molecule has 1 amide bonds. The lowest BCUT2D eigenvalue weighted by atomic mass is 9.93. The van der Waals surface area contributed by atoms with Crippen LogP contribution in [0, 0.1) is 5.92 Å². The van der Waals surface area contributed by atoms with Gasteiger partial charge in [0.25, 0.3) is 0 Å². The standard InChI is InChI=1S/C27H31ClFN3O6/c1-15(2)22(14-33)31-13-19(26(36)37)25(35)18-10-16(23(38-4)11-21(18)31)9-17-12-27(28,7-5-20(17)29)32-8-6-24(34)30(32)3/h5,10-13,15,22,33H,6-9,14H2,1-4H3,(H,36,37)/t22-,27?/m1/s1. The van der Waals surface area contributed by atoms with Gasteiger partial charge in [0, 0.05) is 50.5 Å². The number of aliphatic hydroxyl groups is 1. The summed E-state index contributed by atoms with van der Waals surface area (Å²) in [4.78, 5) is 36.0. The number of hydrogen-bond acceptors (Lipinski definition) is 6. The van der Waals surface area contributed by atoms with Crippen molar-refractivity contribution in [2.45, 2.75) is 44.1 Å². The molecular formula is C27H31ClFN3O6. The summed E-state index contributed by atoms with van der Waals surface area (Å²) >= 11 is 6.89. The number of carbonyl (C=O) groups is 2. The zero-order valence-corrected chi connectivity index (χ0v) is 22.5. The van der Waals surface area contributed by atoms with E-state index in [-0.39, 0.29) is 42.2 Å². The van der Waals surface area contributed by atoms with Crippen LogP contribution in [-0.4, -0.2) is 69.0 Å². The molecule has 1 aliphatic carbocycles. The van der Waals surface area contributed by atoms with Gasteiger partial charge in [0.1, 0.15) is 22.1 Å². The Morgan fingerprint density at radius 3 is 2.55 bits per heavy atom. The smallest absolute Gasteiger partial charge is 0.341 e. The van der Waals surface area contributed by atoms with Crippen molar-refractivity contribution in [2.24, 2.45) is 5.92 Å². The molecule has 4 rings (SSSR count). The number of aromatic carboxylic acids is 1. The van der Waals surface area contributed by atoms with Gasteiger partial charge in [-0.1, -0.05) is 25.4 Å². The largest absolute Gasteiger partial charge is 0.496 e. The Hall–Kier alpha value is -3.21. The molecule has 9 nitrogen and oxygen atoms in total. The van der Waals surface area contributed by atoms with Crippen molar-refractivity contribution in [3.63, 3.8) is 0 Å². The van der Waals surface area contributed by atoms with Gasteiger partial charge in [0.15, 0.2) is 0 Å². The van der Waals surface area contributed by atoms with E-state index in [2.05, 4.69) is 0 Å². The molecule has 1 aromatic carbocycles. The molecule has 2 heterocycles. The first kappa shape index (κ1) is 27.8. The minimum Gasteiger partial charge on any atom is -0.496 e. The van der Waals surface area contributed by atoms with Crippen molar-refractivity contribution in [3.05, 3.63) is 63.2 Å². The van der Waals surface area contributed by atoms with Gasteiger partial charge in [-0.25, -0.2) is 9.18 Å². The van der Waals surface area contributed by atoms with Gasteiger partial charge in [-0.2, -0.15) is 5.01 Å². The molecule has 1 aromatic heterocycles. The third kappa shape index (κ3) is 4.83. The number of carboxylic acid groups (broad SMARTS) is 1. The van der Waals surface area contributed by atoms with E-state index in [1.165, 1.54) is 30.5 Å². The summed E-state index contributed by atoms with van der Waals surface area (Å²) in [6, 6.07) is 2.62. The molecule has 204 valence electrons. The van der Waals surface area contributed by atoms with Gasteiger partial charge in [-0.3, -0.25) is 14.6 Å². The number of nitrogens with zero attached hydrogens (tertiary/aromatic N) is 3. The zero-order chi connectivity index (χ0) is 27.9. The Morgan fingerprint density at radius 1 is 1.29 bits per heavy atom. The van der Waals surface area contributed by atoms with E-state index in [1.807, 2.05) is 13.8 Å². The van der Waals surface area contributed by atoms with Gasteiger partial charge >= 0.3 is 5.97 Å². The number of hydrazine groups is 1. The molecule has 1 fully saturated rings. The zero-order valence-electron chi connectivity index (χ0n) is 21.7. The number of hydrogen-bond donors (Lipinski definition) is 2. The molecule has 1 aliphatic heterocycles. The highest BCUT2D eigenvalue weighted by Crippen LogP contribution is 2.40. The van der Waals surface area contributed by atoms with Crippen LogP contribution >= 0.6 is 11.6 Å². The number of fused-ring (bicyclic) bond motifs is 1. The lowest BCUT2D eigenvalue weighted by Gasteiger charge is -2.39. The van der Waals surface area contributed by atoms with E-state index in [1.54, 1.807) is 28.8 Å². The average Bonchev–Trinajstić information content (AvgIpc) is 3.21. The Labute approximate surface area is 224 Å². The van der Waals surface area contributed by atoms with E-state index in [0.29, 0.717) is 29.8 Å². The summed E-state index contributed by atoms with van der Waals surface area (Å²) in [5, 5.41) is 23.0. The van der Waals surface area contributed by atoms with Crippen LogP contribution < -0.4 is 10.2 Å². The van der Waals surface area contributed by atoms with Crippen LogP contribution in [0.1, 0.15) is 48.7 Å². The maximum Gasteiger partial charge on any atom is 0.341 e. The first-order valence-electron chi connectivity index (χ1n) is 12.3. The molecule has 0 radical (unpaired) electrons. The molecule has 11 heteroatoms. The second kappa shape index (κ2) is 10.5. The fourth-order valence-corrected chi connectivity index (χ4v) is 5.57. The topological polar surface area (TPSA) is 112 Å². The van der Waals surface area contributed by atoms with Crippen molar-refractivity contribution in [1.82, 2.24) is 14.6 Å². The maximum atomic E-state index is 15.1. The number of aliphatic hydroxyl groups excluding tert-OH is 1. The SMILES string of the molecule is COc1cc2c(cc1CC1=CC(Cl)(N3CCC(=O)N3C)CC=C1F)c(=O)c(C(=O)O)cn2[C@H](CO)C(C)C. The van der Waals surface area contributed by atoms with Crippen molar-refractivity contribution >= 4 is 34.4 Å². The number of amides is 1. The Kier molecular flexibility index (Phi) is 7.69. The summed E-state index contributed by atoms with van der Waals surface area (Å²) in [5.41, 5.74) is -0.0201. The fraction of sp³-hybridized carbons (Fsp3) is 0.444. The molecule has 2 N–H and O–H groups in total. The monoisotopic (exact) mass is 547 g/mol. The lowest BCUT2D eigenvalue weighted by molar-refractivity contribution is -0.137. The molecule has 38 heavy (non-hydrogen) atoms. The number of benzene rings is 1. The summed E-state index contributed by atoms with van der Waals surface area (Å²) < 4.78 is 22.2. The predicted molar refractivity (Wildman–Crippen MR) is 141 cm³/mol. The predicted octanol–water partition coefficient (Wildman–Crippen LogP) is 3.64. The second-order valence-electron chi connectivity index (χ2n) is 9.97. The number of allylic oxidation sites excluding steroid dienone is 2. The van der Waals surface area contributed by atoms with Gasteiger partial charge in [0.05, 0.1) is 25.3 Å². The summed E-state index contributed by atoms with van der Waals surface area (Å²) in [6.45, 7) is 3.89. The van der Waals surface area contributed by atoms with Gasteiger partial charge in [-0.15, -0.1) is 0 Å². The molecule has 0 spiro atoms. The normalized spacial score (nSPS) is 21.2. The number of carboxylic acids is 1. The molecule has 2 atom stereocenters. The van der Waals surface area contributed by atoms with Crippen LogP contribution in [0.15, 0.2) is 46.7 Å². The highest BCUT2D eigenvalue weighted by atomic mass is 35.5. The summed E-state index contributed by atoms with van der Waals surface area (Å²) in [5.74, 6) is -1.66. The molecule has 2 aromatic rings. The summed E-state index contributed by atoms with van der Waals surface area (Å²) in [6.07, 6.45) is 4.66. The number of ether oxygens (including phenoxy) is 1. The van der Waals surface area contributed by atoms with Gasteiger partial charge < -0.3 is 19.5 Å². The van der Waals surface area contributed by atoms with Crippen LogP contribution in [0.5, 0.6) is 5.75 Å². The fourth-order valence-electron chi connectivity index (χ4n) is 5.16. The van der Waals surface area contributed by atoms with Crippen LogP contribution in [0.25, 0.3) is 10.9 Å². The third-order valence-corrected chi connectivity index (χ3v) is 7.78. The molecular weight excluding hydrogens is 517 g/mol. The van der Waals surface area contributed by atoms with Gasteiger partial charge in [-0.05, 0) is 35.3 Å². The molecule has 0 bridgehead atoms. The van der Waals surface area contributed by atoms with E-state index in [9.17, 15) is 24.6 Å². The van der Waals surface area contributed by atoms with Gasteiger partial charge in [0.2, 0.25) is 11.3 Å². The number of rotatable bonds is 8. The van der Waals surface area contributed by atoms with E-state index < -0.39 is 33.8 Å². The Bertz CT molecular complexity index is 1420. The number of pyridine rings is 1. The van der Waals surface area contributed by atoms with Crippen LogP contribution in [0.3, 0.4) is 0 Å². The minimum atomic E-state index is -1.39. The van der Waals surface area contributed by atoms with Crippen molar-refractivity contribution in [2.75, 3.05) is 27.3 Å². The van der Waals surface area contributed by atoms with E-state index >= 15 is 4.39 Å². The lowest BCUT2D eigenvalue weighted by Crippen LogP contribution is -2.49. The number of carbonyl (C=O) groups excluding carboxylic acids is 1. The number of halogens is 2. The van der Waals surface area contributed by atoms with Crippen molar-refractivity contribution in [3.8, 4) is 5.75 Å². The van der Waals surface area contributed by atoms with E-state index in [0.717, 1.165) is 0 Å². The van der Waals surface area contributed by atoms with Crippen molar-refractivity contribution in [1.29, 1.82) is 0 Å². The van der Waals surface area contributed by atoms with E-state index in [4.69, 9.17) is 16.3 Å². The molecule has 0 saturated carbocycles. The molecule has 1 saturated heterocycles. The Balaban J connectivity index is 1.86. The third-order valence-electron chi connectivity index (χ3n) is 7.32. The van der Waals surface area contributed by atoms with Crippen LogP contribution in [0.2, 0.25) is 0 Å². The Morgan fingerprint density at radius 2 is 2.00 bits per heavy atom. The summed E-state index contributed by atoms with van der Waals surface area (Å²) in [7, 11) is 3.07. The first-order chi connectivity index (χ1) is 17.9. The second-order valence-corrected chi connectivity index (χ2v) is 10.6. The quantitative estimate of drug-likeness (QED) is 0.383. The molecule has 1 unspecified atom stereocenters. The van der Waals surface area contributed by atoms with Crippen LogP contribution in [0.4, 0.5) is 4.39 Å².